The molecule has 0 aliphatic carbocycles. The Hall–Kier alpha value is -2.68. The smallest absolute Gasteiger partial charge is 0.175 e. The summed E-state index contributed by atoms with van der Waals surface area (Å²) >= 11 is 0. The molecule has 0 bridgehead atoms. The molecule has 0 aromatic heterocycles. The molecule has 2 aliphatic heterocycles. The van der Waals surface area contributed by atoms with Crippen LogP contribution in [0.1, 0.15) is 0 Å². The minimum Gasteiger partial charge on any atom is -0.356 e. The number of nitrogens with zero attached hydrogens (tertiary/aromatic N) is 2. The van der Waals surface area contributed by atoms with Crippen LogP contribution in [0.25, 0.3) is 17.2 Å². The van der Waals surface area contributed by atoms with Gasteiger partial charge in [-0.3, -0.25) is 0 Å². The topological polar surface area (TPSA) is 34.0 Å². The standard InChI is InChI=1S/C16H10N2O/c1-2-7-13-12(6-1)15-14(18-13)9-8-11-5-3-4-10-17-19-16(11)15/h1-10H/b4-3-,11-5-,17-10-. The number of allylic oxidation sites excluding steroid dienone is 2. The van der Waals surface area contributed by atoms with Crippen molar-refractivity contribution >= 4 is 18.0 Å². The monoisotopic (exact) mass is 246 g/mol. The highest BCUT2D eigenvalue weighted by Gasteiger charge is 2.19. The van der Waals surface area contributed by atoms with E-state index in [1.54, 1.807) is 6.21 Å². The predicted molar refractivity (Wildman–Crippen MR) is 75.0 cm³/mol. The zero-order chi connectivity index (χ0) is 12.7. The lowest BCUT2D eigenvalue weighted by atomic mass is 10.0. The highest BCUT2D eigenvalue weighted by molar-refractivity contribution is 5.84. The lowest BCUT2D eigenvalue weighted by molar-refractivity contribution is 0.342. The summed E-state index contributed by atoms with van der Waals surface area (Å²) in [5, 5.41) is 5.90. The van der Waals surface area contributed by atoms with E-state index in [1.807, 2.05) is 48.6 Å². The van der Waals surface area contributed by atoms with Crippen molar-refractivity contribution in [1.29, 1.82) is 0 Å². The van der Waals surface area contributed by atoms with E-state index in [4.69, 9.17) is 4.84 Å². The Kier molecular flexibility index (Phi) is 2.12. The maximum atomic E-state index is 5.56. The summed E-state index contributed by atoms with van der Waals surface area (Å²) in [6.45, 7) is 0. The van der Waals surface area contributed by atoms with E-state index in [-0.39, 0.29) is 0 Å². The van der Waals surface area contributed by atoms with Crippen LogP contribution in [0.15, 0.2) is 58.7 Å². The van der Waals surface area contributed by atoms with Crippen molar-refractivity contribution in [2.45, 2.75) is 0 Å². The molecule has 0 radical (unpaired) electrons. The summed E-state index contributed by atoms with van der Waals surface area (Å²) in [6, 6.07) is 12.1. The van der Waals surface area contributed by atoms with E-state index in [2.05, 4.69) is 16.2 Å². The Bertz CT molecular complexity index is 848. The Morgan fingerprint density at radius 2 is 1.89 bits per heavy atom. The van der Waals surface area contributed by atoms with Gasteiger partial charge in [0.1, 0.15) is 0 Å². The van der Waals surface area contributed by atoms with Crippen molar-refractivity contribution in [3.63, 3.8) is 0 Å². The van der Waals surface area contributed by atoms with Gasteiger partial charge in [-0.25, -0.2) is 4.99 Å². The fourth-order valence-corrected chi connectivity index (χ4v) is 2.41. The molecule has 0 saturated carbocycles. The third-order valence-corrected chi connectivity index (χ3v) is 3.26. The number of oxime groups is 1. The van der Waals surface area contributed by atoms with Gasteiger partial charge in [-0.2, -0.15) is 0 Å². The molecule has 0 unspecified atom stereocenters. The summed E-state index contributed by atoms with van der Waals surface area (Å²) in [5.41, 5.74) is 3.11. The fraction of sp³-hybridized carbons (Fsp3) is 0. The summed E-state index contributed by atoms with van der Waals surface area (Å²) < 4.78 is 0. The third kappa shape index (κ3) is 1.52. The molecule has 90 valence electrons. The first kappa shape index (κ1) is 10.3. The number of rotatable bonds is 0. The third-order valence-electron chi connectivity index (χ3n) is 3.26. The van der Waals surface area contributed by atoms with Gasteiger partial charge in [-0.15, -0.1) is 0 Å². The van der Waals surface area contributed by atoms with Crippen LogP contribution in [0.2, 0.25) is 0 Å². The second-order valence-electron chi connectivity index (χ2n) is 4.40. The lowest BCUT2D eigenvalue weighted by Gasteiger charge is -2.07. The van der Waals surface area contributed by atoms with Gasteiger partial charge >= 0.3 is 0 Å². The molecule has 0 saturated heterocycles. The van der Waals surface area contributed by atoms with Gasteiger partial charge in [0.2, 0.25) is 0 Å². The van der Waals surface area contributed by atoms with Crippen LogP contribution in [0, 0.1) is 0 Å². The van der Waals surface area contributed by atoms with Crippen molar-refractivity contribution in [2.24, 2.45) is 10.1 Å². The lowest BCUT2D eigenvalue weighted by Crippen LogP contribution is -2.14. The summed E-state index contributed by atoms with van der Waals surface area (Å²) in [5.74, 6) is 0.770. The molecule has 2 aliphatic rings. The molecule has 0 fully saturated rings. The normalized spacial score (nSPS) is 19.3. The zero-order valence-corrected chi connectivity index (χ0v) is 10.1. The second-order valence-corrected chi connectivity index (χ2v) is 4.40. The predicted octanol–water partition coefficient (Wildman–Crippen LogP) is 2.33. The molecule has 3 nitrogen and oxygen atoms in total. The quantitative estimate of drug-likeness (QED) is 0.599. The Labute approximate surface area is 109 Å². The van der Waals surface area contributed by atoms with Crippen LogP contribution in [-0.4, -0.2) is 6.21 Å². The Balaban J connectivity index is 2.11. The number of hydrogen-bond donors (Lipinski definition) is 0. The van der Waals surface area contributed by atoms with Crippen LogP contribution in [0.5, 0.6) is 5.75 Å². The zero-order valence-electron chi connectivity index (χ0n) is 10.1. The van der Waals surface area contributed by atoms with Gasteiger partial charge in [-0.05, 0) is 24.3 Å². The van der Waals surface area contributed by atoms with Gasteiger partial charge in [0.05, 0.1) is 22.8 Å². The first-order chi connectivity index (χ1) is 9.43. The summed E-state index contributed by atoms with van der Waals surface area (Å²) in [7, 11) is 0. The molecule has 0 N–H and O–H groups in total. The maximum absolute atomic E-state index is 5.56. The molecule has 0 amide bonds. The highest BCUT2D eigenvalue weighted by Crippen LogP contribution is 2.36. The minimum atomic E-state index is 0.770. The largest absolute Gasteiger partial charge is 0.356 e. The van der Waals surface area contributed by atoms with E-state index in [1.165, 1.54) is 0 Å². The molecule has 4 rings (SSSR count). The highest BCUT2D eigenvalue weighted by atomic mass is 16.6. The second kappa shape index (κ2) is 3.92. The molecule has 19 heavy (non-hydrogen) atoms. The first-order valence-corrected chi connectivity index (χ1v) is 6.12. The maximum Gasteiger partial charge on any atom is 0.175 e. The van der Waals surface area contributed by atoms with Crippen molar-refractivity contribution in [1.82, 2.24) is 0 Å². The number of hydrogen-bond acceptors (Lipinski definition) is 3. The Morgan fingerprint density at radius 1 is 0.947 bits per heavy atom. The van der Waals surface area contributed by atoms with Crippen LogP contribution >= 0.6 is 0 Å². The average Bonchev–Trinajstić information content (AvgIpc) is 2.77. The fourth-order valence-electron chi connectivity index (χ4n) is 2.41. The van der Waals surface area contributed by atoms with Gasteiger partial charge in [0, 0.05) is 10.8 Å². The van der Waals surface area contributed by atoms with Crippen molar-refractivity contribution in [3.8, 4) is 16.9 Å². The first-order valence-electron chi connectivity index (χ1n) is 6.12. The van der Waals surface area contributed by atoms with Crippen molar-refractivity contribution < 1.29 is 4.84 Å². The van der Waals surface area contributed by atoms with Crippen LogP contribution in [0.3, 0.4) is 0 Å². The number of para-hydroxylation sites is 1. The van der Waals surface area contributed by atoms with Gasteiger partial charge in [0.25, 0.3) is 0 Å². The molecule has 3 heteroatoms. The molecule has 2 aromatic carbocycles. The SMILES string of the molecule is C1=C\C=c2\ccc3c(c2O\N=C/1)-c1ccccc1N=3. The average molecular weight is 246 g/mol. The van der Waals surface area contributed by atoms with Crippen molar-refractivity contribution in [3.05, 3.63) is 59.1 Å². The van der Waals surface area contributed by atoms with E-state index in [0.29, 0.717) is 0 Å². The van der Waals surface area contributed by atoms with Gasteiger partial charge < -0.3 is 4.84 Å². The van der Waals surface area contributed by atoms with E-state index < -0.39 is 0 Å². The minimum absolute atomic E-state index is 0.770. The summed E-state index contributed by atoms with van der Waals surface area (Å²) in [4.78, 5) is 10.2. The molecular weight excluding hydrogens is 236 g/mol. The number of fused-ring (bicyclic) bond motifs is 5. The molecule has 0 spiro atoms. The molecule has 2 aromatic rings. The van der Waals surface area contributed by atoms with E-state index in [0.717, 1.165) is 33.1 Å². The van der Waals surface area contributed by atoms with E-state index in [9.17, 15) is 0 Å². The molecule has 0 atom stereocenters. The van der Waals surface area contributed by atoms with Gasteiger partial charge in [0.15, 0.2) is 5.75 Å². The van der Waals surface area contributed by atoms with Crippen LogP contribution < -0.4 is 15.4 Å². The van der Waals surface area contributed by atoms with Crippen LogP contribution in [0.4, 0.5) is 5.69 Å². The molecular formula is C16H10N2O. The van der Waals surface area contributed by atoms with Crippen molar-refractivity contribution in [2.75, 3.05) is 0 Å². The van der Waals surface area contributed by atoms with Gasteiger partial charge in [-0.1, -0.05) is 35.5 Å². The number of benzene rings is 2. The molecule has 2 heterocycles. The summed E-state index contributed by atoms with van der Waals surface area (Å²) in [6.07, 6.45) is 7.45. The van der Waals surface area contributed by atoms with Crippen LogP contribution in [-0.2, 0) is 0 Å². The van der Waals surface area contributed by atoms with E-state index >= 15 is 0 Å². The Morgan fingerprint density at radius 3 is 2.89 bits per heavy atom.